The van der Waals surface area contributed by atoms with Gasteiger partial charge in [0.15, 0.2) is 0 Å². The van der Waals surface area contributed by atoms with Gasteiger partial charge in [-0.15, -0.1) is 0 Å². The van der Waals surface area contributed by atoms with E-state index in [4.69, 9.17) is 4.42 Å². The van der Waals surface area contributed by atoms with Crippen LogP contribution in [0.3, 0.4) is 0 Å². The van der Waals surface area contributed by atoms with Crippen LogP contribution in [-0.2, 0) is 13.0 Å². The third-order valence-corrected chi connectivity index (χ3v) is 3.36. The fraction of sp³-hybridized carbons (Fsp3) is 0.533. The molecule has 0 saturated heterocycles. The molecule has 0 aromatic carbocycles. The molecular formula is C15H23N3O. The van der Waals surface area contributed by atoms with Crippen LogP contribution in [0.5, 0.6) is 0 Å². The van der Waals surface area contributed by atoms with Crippen LogP contribution in [-0.4, -0.2) is 16.3 Å². The highest BCUT2D eigenvalue weighted by Gasteiger charge is 2.17. The summed E-state index contributed by atoms with van der Waals surface area (Å²) >= 11 is 0. The van der Waals surface area contributed by atoms with Crippen molar-refractivity contribution in [1.82, 2.24) is 15.1 Å². The van der Waals surface area contributed by atoms with Crippen molar-refractivity contribution in [3.8, 4) is 0 Å². The second kappa shape index (κ2) is 6.06. The summed E-state index contributed by atoms with van der Waals surface area (Å²) in [4.78, 5) is 0. The first-order chi connectivity index (χ1) is 9.13. The Morgan fingerprint density at radius 3 is 2.68 bits per heavy atom. The van der Waals surface area contributed by atoms with E-state index in [9.17, 15) is 0 Å². The van der Waals surface area contributed by atoms with Crippen molar-refractivity contribution in [2.24, 2.45) is 0 Å². The van der Waals surface area contributed by atoms with E-state index < -0.39 is 0 Å². The minimum Gasteiger partial charge on any atom is -0.466 e. The van der Waals surface area contributed by atoms with E-state index in [0.717, 1.165) is 31.0 Å². The first-order valence-electron chi connectivity index (χ1n) is 6.95. The van der Waals surface area contributed by atoms with Crippen LogP contribution < -0.4 is 5.32 Å². The quantitative estimate of drug-likeness (QED) is 0.869. The van der Waals surface area contributed by atoms with Crippen LogP contribution in [0.4, 0.5) is 0 Å². The van der Waals surface area contributed by atoms with Crippen molar-refractivity contribution in [3.63, 3.8) is 0 Å². The molecular weight excluding hydrogens is 238 g/mol. The predicted molar refractivity (Wildman–Crippen MR) is 76.2 cm³/mol. The van der Waals surface area contributed by atoms with Crippen molar-refractivity contribution < 1.29 is 4.42 Å². The molecule has 0 saturated carbocycles. The smallest absolute Gasteiger partial charge is 0.105 e. The molecule has 2 aromatic rings. The van der Waals surface area contributed by atoms with Crippen LogP contribution >= 0.6 is 0 Å². The number of rotatable bonds is 6. The summed E-state index contributed by atoms with van der Waals surface area (Å²) in [5, 5.41) is 7.87. The first-order valence-corrected chi connectivity index (χ1v) is 6.95. The molecule has 4 heteroatoms. The fourth-order valence-electron chi connectivity index (χ4n) is 2.46. The number of nitrogens with zero attached hydrogens (tertiary/aromatic N) is 2. The van der Waals surface area contributed by atoms with Crippen molar-refractivity contribution in [2.75, 3.05) is 6.54 Å². The van der Waals surface area contributed by atoms with Gasteiger partial charge in [0.1, 0.15) is 11.5 Å². The minimum absolute atomic E-state index is 0.289. The Hall–Kier alpha value is -1.55. The van der Waals surface area contributed by atoms with Gasteiger partial charge in [-0.3, -0.25) is 4.68 Å². The number of aromatic nitrogens is 2. The number of furan rings is 1. The Morgan fingerprint density at radius 1 is 1.37 bits per heavy atom. The molecule has 2 heterocycles. The van der Waals surface area contributed by atoms with Crippen LogP contribution in [0.2, 0.25) is 0 Å². The van der Waals surface area contributed by atoms with E-state index in [1.807, 2.05) is 24.7 Å². The molecule has 0 spiro atoms. The largest absolute Gasteiger partial charge is 0.466 e. The normalized spacial score (nSPS) is 12.8. The van der Waals surface area contributed by atoms with E-state index in [1.54, 1.807) is 0 Å². The summed E-state index contributed by atoms with van der Waals surface area (Å²) in [5.74, 6) is 1.98. The lowest BCUT2D eigenvalue weighted by atomic mass is 10.0. The standard InChI is InChI=1S/C15H23N3O/c1-5-16-15(14-7-11(3)19-12(14)4)8-13-9-17-18(6-2)10-13/h7,9-10,15-16H,5-6,8H2,1-4H3. The average Bonchev–Trinajstić information content (AvgIpc) is 2.95. The van der Waals surface area contributed by atoms with Crippen molar-refractivity contribution >= 4 is 0 Å². The number of hydrogen-bond donors (Lipinski definition) is 1. The lowest BCUT2D eigenvalue weighted by Gasteiger charge is -2.16. The molecule has 1 N–H and O–H groups in total. The maximum absolute atomic E-state index is 5.65. The van der Waals surface area contributed by atoms with Crippen LogP contribution in [0, 0.1) is 13.8 Å². The van der Waals surface area contributed by atoms with Gasteiger partial charge in [-0.25, -0.2) is 0 Å². The zero-order valence-electron chi connectivity index (χ0n) is 12.2. The van der Waals surface area contributed by atoms with E-state index in [2.05, 4.69) is 36.5 Å². The van der Waals surface area contributed by atoms with Gasteiger partial charge in [0.05, 0.1) is 6.20 Å². The van der Waals surface area contributed by atoms with E-state index in [1.165, 1.54) is 11.1 Å². The highest BCUT2D eigenvalue weighted by molar-refractivity contribution is 5.26. The van der Waals surface area contributed by atoms with Crippen LogP contribution in [0.25, 0.3) is 0 Å². The zero-order chi connectivity index (χ0) is 13.8. The molecule has 1 unspecified atom stereocenters. The van der Waals surface area contributed by atoms with Gasteiger partial charge in [0, 0.05) is 24.3 Å². The average molecular weight is 261 g/mol. The van der Waals surface area contributed by atoms with E-state index >= 15 is 0 Å². The Kier molecular flexibility index (Phi) is 4.43. The molecule has 0 aliphatic heterocycles. The third kappa shape index (κ3) is 3.26. The lowest BCUT2D eigenvalue weighted by Crippen LogP contribution is -2.23. The highest BCUT2D eigenvalue weighted by Crippen LogP contribution is 2.24. The molecule has 2 aromatic heterocycles. The molecule has 0 bridgehead atoms. The van der Waals surface area contributed by atoms with Gasteiger partial charge < -0.3 is 9.73 Å². The number of hydrogen-bond acceptors (Lipinski definition) is 3. The SMILES string of the molecule is CCNC(Cc1cnn(CC)c1)c1cc(C)oc1C. The Bertz CT molecular complexity index is 527. The van der Waals surface area contributed by atoms with Gasteiger partial charge in [0.2, 0.25) is 0 Å². The van der Waals surface area contributed by atoms with Crippen LogP contribution in [0.15, 0.2) is 22.9 Å². The Labute approximate surface area is 114 Å². The summed E-state index contributed by atoms with van der Waals surface area (Å²) in [6, 6.07) is 2.42. The molecule has 1 atom stereocenters. The molecule has 0 radical (unpaired) electrons. The minimum atomic E-state index is 0.289. The molecule has 2 rings (SSSR count). The van der Waals surface area contributed by atoms with Crippen molar-refractivity contribution in [1.29, 1.82) is 0 Å². The van der Waals surface area contributed by atoms with Gasteiger partial charge >= 0.3 is 0 Å². The molecule has 0 amide bonds. The van der Waals surface area contributed by atoms with Gasteiger partial charge in [-0.1, -0.05) is 6.92 Å². The van der Waals surface area contributed by atoms with Gasteiger partial charge in [0.25, 0.3) is 0 Å². The maximum Gasteiger partial charge on any atom is 0.105 e. The van der Waals surface area contributed by atoms with Crippen molar-refractivity contribution in [3.05, 3.63) is 41.1 Å². The van der Waals surface area contributed by atoms with E-state index in [0.29, 0.717) is 0 Å². The second-order valence-electron chi connectivity index (χ2n) is 4.89. The lowest BCUT2D eigenvalue weighted by molar-refractivity contribution is 0.484. The maximum atomic E-state index is 5.65. The zero-order valence-corrected chi connectivity index (χ0v) is 12.2. The molecule has 19 heavy (non-hydrogen) atoms. The number of likely N-dealkylation sites (N-methyl/N-ethyl adjacent to an activating group) is 1. The Morgan fingerprint density at radius 2 is 2.16 bits per heavy atom. The van der Waals surface area contributed by atoms with Gasteiger partial charge in [-0.2, -0.15) is 5.10 Å². The summed E-state index contributed by atoms with van der Waals surface area (Å²) in [7, 11) is 0. The van der Waals surface area contributed by atoms with Crippen molar-refractivity contribution in [2.45, 2.75) is 46.7 Å². The number of aryl methyl sites for hydroxylation is 3. The third-order valence-electron chi connectivity index (χ3n) is 3.36. The Balaban J connectivity index is 2.18. The monoisotopic (exact) mass is 261 g/mol. The predicted octanol–water partition coefficient (Wildman–Crippen LogP) is 3.01. The fourth-order valence-corrected chi connectivity index (χ4v) is 2.46. The summed E-state index contributed by atoms with van der Waals surface area (Å²) < 4.78 is 7.61. The molecule has 0 aliphatic rings. The van der Waals surface area contributed by atoms with Crippen LogP contribution in [0.1, 0.15) is 42.5 Å². The summed E-state index contributed by atoms with van der Waals surface area (Å²) in [6.45, 7) is 10.1. The highest BCUT2D eigenvalue weighted by atomic mass is 16.3. The molecule has 4 nitrogen and oxygen atoms in total. The first kappa shape index (κ1) is 13.9. The topological polar surface area (TPSA) is 43.0 Å². The van der Waals surface area contributed by atoms with E-state index in [-0.39, 0.29) is 6.04 Å². The molecule has 0 aliphatic carbocycles. The van der Waals surface area contributed by atoms with Gasteiger partial charge in [-0.05, 0) is 45.4 Å². The second-order valence-corrected chi connectivity index (χ2v) is 4.89. The summed E-state index contributed by atoms with van der Waals surface area (Å²) in [5.41, 5.74) is 2.51. The molecule has 104 valence electrons. The molecule has 0 fully saturated rings. The number of nitrogens with one attached hydrogen (secondary N) is 1. The summed E-state index contributed by atoms with van der Waals surface area (Å²) in [6.07, 6.45) is 5.01.